The zero-order valence-electron chi connectivity index (χ0n) is 9.22. The molecule has 86 valence electrons. The van der Waals surface area contributed by atoms with Gasteiger partial charge in [-0.25, -0.2) is 0 Å². The minimum Gasteiger partial charge on any atom is -0.372 e. The van der Waals surface area contributed by atoms with Crippen molar-refractivity contribution in [2.24, 2.45) is 0 Å². The Kier molecular flexibility index (Phi) is 2.67. The van der Waals surface area contributed by atoms with Crippen LogP contribution in [0.3, 0.4) is 0 Å². The van der Waals surface area contributed by atoms with Crippen LogP contribution in [0.1, 0.15) is 18.4 Å². The van der Waals surface area contributed by atoms with E-state index in [4.69, 9.17) is 14.2 Å². The molecule has 3 nitrogen and oxygen atoms in total. The van der Waals surface area contributed by atoms with E-state index >= 15 is 0 Å². The first kappa shape index (κ1) is 10.3. The summed E-state index contributed by atoms with van der Waals surface area (Å²) in [6.45, 7) is 1.92. The van der Waals surface area contributed by atoms with Gasteiger partial charge in [-0.2, -0.15) is 0 Å². The fourth-order valence-corrected chi connectivity index (χ4v) is 2.30. The highest BCUT2D eigenvalue weighted by molar-refractivity contribution is 5.13. The minimum absolute atomic E-state index is 0.338. The van der Waals surface area contributed by atoms with Gasteiger partial charge < -0.3 is 14.2 Å². The third-order valence-corrected chi connectivity index (χ3v) is 3.23. The molecule has 3 heteroatoms. The van der Waals surface area contributed by atoms with Gasteiger partial charge in [-0.15, -0.1) is 0 Å². The topological polar surface area (TPSA) is 27.7 Å². The lowest BCUT2D eigenvalue weighted by atomic mass is 10.1. The van der Waals surface area contributed by atoms with Crippen molar-refractivity contribution in [3.63, 3.8) is 0 Å². The third kappa shape index (κ3) is 1.98. The molecule has 2 aliphatic rings. The molecule has 0 aromatic heterocycles. The second-order valence-corrected chi connectivity index (χ2v) is 4.46. The maximum Gasteiger partial charge on any atom is 0.194 e. The van der Waals surface area contributed by atoms with Gasteiger partial charge >= 0.3 is 0 Å². The van der Waals surface area contributed by atoms with Crippen LogP contribution in [0.15, 0.2) is 30.3 Å². The lowest BCUT2D eigenvalue weighted by molar-refractivity contribution is -0.243. The Bertz CT molecular complexity index is 347. The Morgan fingerprint density at radius 1 is 1.31 bits per heavy atom. The van der Waals surface area contributed by atoms with Crippen LogP contribution in [0.5, 0.6) is 0 Å². The summed E-state index contributed by atoms with van der Waals surface area (Å²) in [5.41, 5.74) is 1.18. The Morgan fingerprint density at radius 3 is 3.06 bits per heavy atom. The van der Waals surface area contributed by atoms with Gasteiger partial charge in [-0.1, -0.05) is 30.3 Å². The van der Waals surface area contributed by atoms with Crippen LogP contribution in [0, 0.1) is 0 Å². The molecule has 2 atom stereocenters. The van der Waals surface area contributed by atoms with E-state index in [0.29, 0.717) is 19.3 Å². The van der Waals surface area contributed by atoms with E-state index < -0.39 is 5.79 Å². The third-order valence-electron chi connectivity index (χ3n) is 3.23. The first-order chi connectivity index (χ1) is 7.86. The van der Waals surface area contributed by atoms with Gasteiger partial charge in [0, 0.05) is 6.42 Å². The molecule has 2 unspecified atom stereocenters. The SMILES string of the molecule is c1ccc(COC23COC(CCO2)C3)cc1. The average Bonchev–Trinajstić information content (AvgIpc) is 2.64. The van der Waals surface area contributed by atoms with Crippen molar-refractivity contribution >= 4 is 0 Å². The average molecular weight is 220 g/mol. The van der Waals surface area contributed by atoms with E-state index in [9.17, 15) is 0 Å². The number of hydrogen-bond donors (Lipinski definition) is 0. The maximum absolute atomic E-state index is 5.90. The van der Waals surface area contributed by atoms with E-state index in [0.717, 1.165) is 19.4 Å². The molecule has 2 bridgehead atoms. The molecule has 2 heterocycles. The molecule has 0 radical (unpaired) electrons. The van der Waals surface area contributed by atoms with Crippen molar-refractivity contribution in [1.29, 1.82) is 0 Å². The van der Waals surface area contributed by atoms with Crippen molar-refractivity contribution < 1.29 is 14.2 Å². The zero-order chi connectivity index (χ0) is 10.8. The summed E-state index contributed by atoms with van der Waals surface area (Å²) in [6.07, 6.45) is 2.21. The molecule has 0 N–H and O–H groups in total. The van der Waals surface area contributed by atoms with E-state index in [-0.39, 0.29) is 0 Å². The van der Waals surface area contributed by atoms with Crippen molar-refractivity contribution in [2.45, 2.75) is 31.3 Å². The minimum atomic E-state index is -0.473. The van der Waals surface area contributed by atoms with Gasteiger partial charge in [-0.3, -0.25) is 0 Å². The number of hydrogen-bond acceptors (Lipinski definition) is 3. The Morgan fingerprint density at radius 2 is 2.19 bits per heavy atom. The monoisotopic (exact) mass is 220 g/mol. The van der Waals surface area contributed by atoms with Gasteiger partial charge in [0.25, 0.3) is 0 Å². The van der Waals surface area contributed by atoms with E-state index in [1.54, 1.807) is 0 Å². The summed E-state index contributed by atoms with van der Waals surface area (Å²) in [4.78, 5) is 0. The molecular weight excluding hydrogens is 204 g/mol. The molecule has 3 rings (SSSR count). The highest BCUT2D eigenvalue weighted by Crippen LogP contribution is 2.35. The van der Waals surface area contributed by atoms with E-state index in [1.807, 2.05) is 18.2 Å². The fraction of sp³-hybridized carbons (Fsp3) is 0.538. The first-order valence-corrected chi connectivity index (χ1v) is 5.80. The van der Waals surface area contributed by atoms with E-state index in [2.05, 4.69) is 12.1 Å². The molecule has 0 spiro atoms. The van der Waals surface area contributed by atoms with Crippen LogP contribution in [-0.2, 0) is 20.8 Å². The fourth-order valence-electron chi connectivity index (χ4n) is 2.30. The van der Waals surface area contributed by atoms with Crippen LogP contribution >= 0.6 is 0 Å². The molecule has 2 aliphatic heterocycles. The largest absolute Gasteiger partial charge is 0.372 e. The lowest BCUT2D eigenvalue weighted by Crippen LogP contribution is -2.39. The summed E-state index contributed by atoms with van der Waals surface area (Å²) in [5, 5.41) is 0. The summed E-state index contributed by atoms with van der Waals surface area (Å²) >= 11 is 0. The summed E-state index contributed by atoms with van der Waals surface area (Å²) in [6, 6.07) is 10.2. The molecule has 2 fully saturated rings. The second-order valence-electron chi connectivity index (χ2n) is 4.46. The zero-order valence-corrected chi connectivity index (χ0v) is 9.22. The highest BCUT2D eigenvalue weighted by Gasteiger charge is 2.45. The van der Waals surface area contributed by atoms with Crippen molar-refractivity contribution in [2.75, 3.05) is 13.2 Å². The van der Waals surface area contributed by atoms with Gasteiger partial charge in [0.05, 0.1) is 19.3 Å². The van der Waals surface area contributed by atoms with Crippen LogP contribution in [0.25, 0.3) is 0 Å². The maximum atomic E-state index is 5.90. The normalized spacial score (nSPS) is 32.9. The number of rotatable bonds is 3. The van der Waals surface area contributed by atoms with Crippen molar-refractivity contribution in [3.05, 3.63) is 35.9 Å². The number of fused-ring (bicyclic) bond motifs is 2. The molecule has 2 saturated heterocycles. The van der Waals surface area contributed by atoms with Gasteiger partial charge in [-0.05, 0) is 12.0 Å². The number of benzene rings is 1. The lowest BCUT2D eigenvalue weighted by Gasteiger charge is -2.31. The van der Waals surface area contributed by atoms with Crippen molar-refractivity contribution in [3.8, 4) is 0 Å². The standard InChI is InChI=1S/C13H16O3/c1-2-4-11(5-3-1)9-16-13-8-12(14-10-13)6-7-15-13/h1-5,12H,6-10H2. The quantitative estimate of drug-likeness (QED) is 0.780. The van der Waals surface area contributed by atoms with Gasteiger partial charge in [0.1, 0.15) is 6.61 Å². The van der Waals surface area contributed by atoms with Gasteiger partial charge in [0.15, 0.2) is 5.79 Å². The smallest absolute Gasteiger partial charge is 0.194 e. The summed E-state index contributed by atoms with van der Waals surface area (Å²) < 4.78 is 17.2. The van der Waals surface area contributed by atoms with E-state index in [1.165, 1.54) is 5.56 Å². The molecule has 0 aliphatic carbocycles. The Labute approximate surface area is 95.3 Å². The van der Waals surface area contributed by atoms with Crippen LogP contribution in [-0.4, -0.2) is 25.1 Å². The molecule has 16 heavy (non-hydrogen) atoms. The van der Waals surface area contributed by atoms with Crippen LogP contribution in [0.4, 0.5) is 0 Å². The summed E-state index contributed by atoms with van der Waals surface area (Å²) in [5.74, 6) is -0.473. The molecule has 1 aromatic rings. The Hall–Kier alpha value is -0.900. The van der Waals surface area contributed by atoms with Gasteiger partial charge in [0.2, 0.25) is 0 Å². The van der Waals surface area contributed by atoms with Crippen LogP contribution in [0.2, 0.25) is 0 Å². The second kappa shape index (κ2) is 4.17. The predicted molar refractivity (Wildman–Crippen MR) is 58.9 cm³/mol. The van der Waals surface area contributed by atoms with Crippen LogP contribution < -0.4 is 0 Å². The molecule has 0 amide bonds. The number of ether oxygens (including phenoxy) is 3. The molecule has 1 aromatic carbocycles. The Balaban J connectivity index is 1.63. The summed E-state index contributed by atoms with van der Waals surface area (Å²) in [7, 11) is 0. The first-order valence-electron chi connectivity index (χ1n) is 5.80. The van der Waals surface area contributed by atoms with Crippen molar-refractivity contribution in [1.82, 2.24) is 0 Å². The predicted octanol–water partition coefficient (Wildman–Crippen LogP) is 2.11. The molecular formula is C13H16O3. The highest BCUT2D eigenvalue weighted by atomic mass is 16.7. The molecule has 0 saturated carbocycles.